The standard InChI is InChI=1S/C22H33N5O5S3.C19H27N5O5S3/c1-12(2)13-9-15(32-10-13)17(21(3,4)5)24-19-18(25-34(29)26-19)23-14-11-33-20(16(14)28)35(30,31)27-22(6,7)8;1-6-12-8-14(29-9-12)15(11(3)4)21-18-17(22-31(26)23-18)20-13-10-30-19(16(13)25)32(27,28)24(5)7-2/h9-12,17,27-28H,1-8H3,(H,23,25)(H,24,26);8-11,15,25H,6-7H2,1-5H3,(H,20,22)(H,21,23)/t17-,34?;15-,31?/m01/s1. The lowest BCUT2D eigenvalue weighted by Gasteiger charge is -2.30. The number of rotatable bonds is 14. The fourth-order valence-corrected chi connectivity index (χ4v) is 12.8. The average molecular weight is 1050 g/mol. The van der Waals surface area contributed by atoms with E-state index in [2.05, 4.69) is 57.4 Å². The number of hydrogen-bond acceptors (Lipinski definition) is 16. The van der Waals surface area contributed by atoms with Crippen LogP contribution < -0.4 is 26.0 Å². The molecule has 0 fully saturated rings. The molecule has 0 spiro atoms. The van der Waals surface area contributed by atoms with Gasteiger partial charge in [-0.25, -0.2) is 34.3 Å². The van der Waals surface area contributed by atoms with E-state index in [9.17, 15) is 35.5 Å². The Morgan fingerprint density at radius 2 is 1.25 bits per heavy atom. The Hall–Kier alpha value is -4.44. The Kier molecular flexibility index (Phi) is 16.8. The minimum Gasteiger partial charge on any atom is -0.504 e. The van der Waals surface area contributed by atoms with Crippen molar-refractivity contribution in [3.05, 3.63) is 58.1 Å². The van der Waals surface area contributed by atoms with E-state index in [1.165, 1.54) is 17.8 Å². The molecular formula is C41H60N10O10S6. The van der Waals surface area contributed by atoms with Crippen molar-refractivity contribution in [2.75, 3.05) is 24.2 Å². The van der Waals surface area contributed by atoms with Gasteiger partial charge in [-0.2, -0.15) is 0 Å². The Morgan fingerprint density at radius 1 is 0.746 bits per heavy atom. The number of aromatic hydroxyl groups is 2. The molecule has 0 aliphatic carbocycles. The molecule has 20 nitrogen and oxygen atoms in total. The number of anilines is 2. The number of nitrogens with zero attached hydrogens (tertiary/aromatic N) is 5. The van der Waals surface area contributed by atoms with E-state index in [0.717, 1.165) is 44.5 Å². The first-order valence-corrected chi connectivity index (χ1v) is 27.9. The van der Waals surface area contributed by atoms with Gasteiger partial charge in [0.15, 0.2) is 43.3 Å². The molecule has 0 amide bonds. The van der Waals surface area contributed by atoms with Crippen LogP contribution in [0.15, 0.2) is 70.3 Å². The third-order valence-corrected chi connectivity index (χ3v) is 18.0. The summed E-state index contributed by atoms with van der Waals surface area (Å²) in [5.74, 6) is 1.65. The van der Waals surface area contributed by atoms with Gasteiger partial charge in [-0.15, -0.1) is 40.3 Å². The van der Waals surface area contributed by atoms with Crippen LogP contribution in [0.25, 0.3) is 0 Å². The summed E-state index contributed by atoms with van der Waals surface area (Å²) in [6, 6.07) is 3.34. The van der Waals surface area contributed by atoms with Crippen molar-refractivity contribution in [1.82, 2.24) is 19.7 Å². The Balaban J connectivity index is 0.000000252. The van der Waals surface area contributed by atoms with Gasteiger partial charge in [-0.05, 0) is 67.7 Å². The van der Waals surface area contributed by atoms with Crippen LogP contribution in [0.5, 0.6) is 11.5 Å². The van der Waals surface area contributed by atoms with Crippen molar-refractivity contribution >= 4 is 99.8 Å². The molecule has 67 heavy (non-hydrogen) atoms. The second-order valence-electron chi connectivity index (χ2n) is 18.3. The molecule has 0 saturated heterocycles. The quantitative estimate of drug-likeness (QED) is 0.0646. The van der Waals surface area contributed by atoms with E-state index < -0.39 is 59.4 Å². The summed E-state index contributed by atoms with van der Waals surface area (Å²) in [5.41, 5.74) is 1.34. The van der Waals surface area contributed by atoms with E-state index in [-0.39, 0.29) is 73.1 Å². The third-order valence-electron chi connectivity index (χ3n) is 9.96. The molecule has 0 bridgehead atoms. The zero-order valence-corrected chi connectivity index (χ0v) is 44.4. The summed E-state index contributed by atoms with van der Waals surface area (Å²) < 4.78 is 106. The van der Waals surface area contributed by atoms with Crippen molar-refractivity contribution < 1.29 is 44.3 Å². The van der Waals surface area contributed by atoms with Gasteiger partial charge in [0.1, 0.15) is 11.5 Å². The second kappa shape index (κ2) is 21.1. The van der Waals surface area contributed by atoms with Gasteiger partial charge in [0.25, 0.3) is 42.4 Å². The number of sulfonamides is 2. The molecule has 0 aromatic carbocycles. The number of amidine groups is 4. The van der Waals surface area contributed by atoms with Crippen LogP contribution in [0.2, 0.25) is 0 Å². The van der Waals surface area contributed by atoms with Gasteiger partial charge < -0.3 is 40.3 Å². The molecule has 4 aromatic rings. The smallest absolute Gasteiger partial charge is 0.269 e. The second-order valence-corrected chi connectivity index (χ2v) is 25.8. The molecule has 4 atom stereocenters. The molecule has 4 aromatic heterocycles. The Bertz CT molecular complexity index is 2820. The highest BCUT2D eigenvalue weighted by molar-refractivity contribution is 7.92. The summed E-state index contributed by atoms with van der Waals surface area (Å²) in [7, 11) is -6.33. The maximum atomic E-state index is 12.7. The minimum absolute atomic E-state index is 0.111. The van der Waals surface area contributed by atoms with Crippen molar-refractivity contribution in [2.45, 2.75) is 121 Å². The van der Waals surface area contributed by atoms with Crippen molar-refractivity contribution in [2.24, 2.45) is 28.9 Å². The first kappa shape index (κ1) is 53.5. The molecule has 0 saturated carbocycles. The molecular weight excluding hydrogens is 985 g/mol. The highest BCUT2D eigenvalue weighted by Gasteiger charge is 2.35. The van der Waals surface area contributed by atoms with E-state index in [1.807, 2.05) is 53.7 Å². The molecule has 6 heterocycles. The minimum atomic E-state index is -3.94. The van der Waals surface area contributed by atoms with Crippen LogP contribution in [0.3, 0.4) is 0 Å². The van der Waals surface area contributed by atoms with Crippen molar-refractivity contribution in [3.63, 3.8) is 0 Å². The summed E-state index contributed by atoms with van der Waals surface area (Å²) in [6.07, 6.45) is 4.26. The van der Waals surface area contributed by atoms with Gasteiger partial charge in [0.05, 0.1) is 36.0 Å². The van der Waals surface area contributed by atoms with Gasteiger partial charge in [-0.3, -0.25) is 0 Å². The molecule has 7 N–H and O–H groups in total. The molecule has 2 aliphatic heterocycles. The zero-order valence-electron chi connectivity index (χ0n) is 39.5. The monoisotopic (exact) mass is 1040 g/mol. The number of aryl methyl sites for hydroxylation is 1. The zero-order chi connectivity index (χ0) is 50.0. The Morgan fingerprint density at radius 3 is 1.72 bits per heavy atom. The maximum absolute atomic E-state index is 12.7. The van der Waals surface area contributed by atoms with Gasteiger partial charge in [0.2, 0.25) is 0 Å². The van der Waals surface area contributed by atoms with Crippen molar-refractivity contribution in [1.29, 1.82) is 0 Å². The van der Waals surface area contributed by atoms with Crippen molar-refractivity contribution in [3.8, 4) is 11.5 Å². The summed E-state index contributed by atoms with van der Waals surface area (Å²) in [5, 5.41) is 36.3. The van der Waals surface area contributed by atoms with Crippen LogP contribution in [0.4, 0.5) is 11.4 Å². The van der Waals surface area contributed by atoms with E-state index in [0.29, 0.717) is 17.4 Å². The predicted molar refractivity (Wildman–Crippen MR) is 268 cm³/mol. The topological polar surface area (TPSA) is 282 Å². The fraction of sp³-hybridized carbons (Fsp3) is 0.512. The van der Waals surface area contributed by atoms with Crippen LogP contribution in [-0.4, -0.2) is 82.2 Å². The van der Waals surface area contributed by atoms with Crippen LogP contribution in [0.1, 0.15) is 124 Å². The van der Waals surface area contributed by atoms with Crippen LogP contribution >= 0.6 is 22.7 Å². The third kappa shape index (κ3) is 13.0. The van der Waals surface area contributed by atoms with Crippen LogP contribution in [0, 0.1) is 11.3 Å². The fourth-order valence-electron chi connectivity index (χ4n) is 6.24. The number of furan rings is 2. The van der Waals surface area contributed by atoms with Gasteiger partial charge in [0, 0.05) is 29.9 Å². The summed E-state index contributed by atoms with van der Waals surface area (Å²) >= 11 is -1.98. The Labute approximate surface area is 405 Å². The maximum Gasteiger partial charge on any atom is 0.269 e. The normalized spacial score (nSPS) is 17.7. The molecule has 2 aliphatic rings. The molecule has 6 rings (SSSR count). The molecule has 370 valence electrons. The average Bonchev–Trinajstić information content (AvgIpc) is 4.08. The molecule has 0 radical (unpaired) electrons. The van der Waals surface area contributed by atoms with E-state index >= 15 is 0 Å². The number of thiophene rings is 2. The number of nitrogens with one attached hydrogen (secondary N) is 5. The lowest BCUT2D eigenvalue weighted by molar-refractivity contribution is 0.264. The van der Waals surface area contributed by atoms with Crippen LogP contribution in [-0.2, 0) is 48.8 Å². The lowest BCUT2D eigenvalue weighted by atomic mass is 9.84. The molecule has 26 heteroatoms. The summed E-state index contributed by atoms with van der Waals surface area (Å²) in [4.78, 5) is 0. The molecule has 2 unspecified atom stereocenters. The largest absolute Gasteiger partial charge is 0.504 e. The highest BCUT2D eigenvalue weighted by Crippen LogP contribution is 2.41. The van der Waals surface area contributed by atoms with Gasteiger partial charge in [-0.1, -0.05) is 62.3 Å². The first-order chi connectivity index (χ1) is 31.1. The van der Waals surface area contributed by atoms with E-state index in [1.54, 1.807) is 40.2 Å². The number of hydrogen-bond donors (Lipinski definition) is 7. The lowest BCUT2D eigenvalue weighted by Crippen LogP contribution is -2.41. The highest BCUT2D eigenvalue weighted by atomic mass is 32.3. The predicted octanol–water partition coefficient (Wildman–Crippen LogP) is 7.46. The van der Waals surface area contributed by atoms with E-state index in [4.69, 9.17) is 8.83 Å². The first-order valence-electron chi connectivity index (χ1n) is 21.1. The van der Waals surface area contributed by atoms with Gasteiger partial charge >= 0.3 is 0 Å². The SMILES string of the molecule is CC(C)c1coc([C@H](NC2=NS(=O)N=C2Nc2csc(S(=O)(=O)NC(C)(C)C)c2O)C(C)(C)C)c1.CCc1coc([C@H](NC2=NS(=O)N=C2Nc2csc(S(=O)(=O)N(C)CC)c2O)C(C)C)c1. The summed E-state index contributed by atoms with van der Waals surface area (Å²) in [6.45, 7) is 23.4.